The molecule has 534 valence electrons. The quantitative estimate of drug-likeness (QED) is 0.0341. The maximum Gasteiger partial charge on any atom is 0.319 e. The molecule has 2 aromatic carbocycles. The third-order valence-corrected chi connectivity index (χ3v) is 55.8. The van der Waals surface area contributed by atoms with E-state index in [1.165, 1.54) is 11.1 Å². The van der Waals surface area contributed by atoms with E-state index < -0.39 is 68.5 Å². The molecular weight excluding hydrogens is 1350 g/mol. The third kappa shape index (κ3) is 26.7. The highest BCUT2D eigenvalue weighted by atomic mass is 28.5. The highest BCUT2D eigenvalue weighted by Crippen LogP contribution is 2.42. The van der Waals surface area contributed by atoms with Crippen molar-refractivity contribution in [1.82, 2.24) is 0 Å². The Morgan fingerprint density at radius 2 is 0.479 bits per heavy atom. The van der Waals surface area contributed by atoms with Gasteiger partial charge >= 0.3 is 68.5 Å². The lowest BCUT2D eigenvalue weighted by Gasteiger charge is -2.50. The fraction of sp³-hybridized carbons (Fsp3) is 0.812. The third-order valence-electron chi connectivity index (χ3n) is 18.2. The van der Waals surface area contributed by atoms with Crippen LogP contribution in [0, 0.1) is 0 Å². The molecule has 30 heteroatoms. The zero-order chi connectivity index (χ0) is 66.2. The fourth-order valence-corrected chi connectivity index (χ4v) is 59.0. The first kappa shape index (κ1) is 75.6. The summed E-state index contributed by atoms with van der Waals surface area (Å²) in [5.74, 6) is 1.65. The van der Waals surface area contributed by atoms with Gasteiger partial charge in [-0.05, 0) is 175 Å². The Labute approximate surface area is 569 Å². The SMILES string of the molecule is CC(C)(c1ccc(OCCC[Si]2(C)O[Si](C)(CCCOCC3CO3)O[Si](C)(CCCOCC3CO3)O[Si](C)(CCCOCC3CO3)O2)cc1)c1ccc(OCCC[Si]2(C)O[Si](C)(CCCOCC3CO3)O[Si](C)(CCOCC3CO3)O[Si](C)(CCCOCC3CO3)O2)cc1. The van der Waals surface area contributed by atoms with Crippen molar-refractivity contribution >= 4 is 68.5 Å². The summed E-state index contributed by atoms with van der Waals surface area (Å²) in [4.78, 5) is 0. The molecule has 8 aliphatic heterocycles. The Hall–Kier alpha value is -1.02. The molecule has 0 radical (unpaired) electrons. The summed E-state index contributed by atoms with van der Waals surface area (Å²) in [5, 5.41) is 0. The maximum atomic E-state index is 7.48. The molecule has 10 unspecified atom stereocenters. The molecule has 94 heavy (non-hydrogen) atoms. The van der Waals surface area contributed by atoms with Crippen molar-refractivity contribution < 1.29 is 99.2 Å². The predicted molar refractivity (Wildman–Crippen MR) is 372 cm³/mol. The van der Waals surface area contributed by atoms with Gasteiger partial charge in [-0.2, -0.15) is 0 Å². The minimum absolute atomic E-state index is 0.191. The second-order valence-electron chi connectivity index (χ2n) is 28.9. The highest BCUT2D eigenvalue weighted by Gasteiger charge is 2.58. The predicted octanol–water partition coefficient (Wildman–Crippen LogP) is 10.7. The summed E-state index contributed by atoms with van der Waals surface area (Å²) >= 11 is 0. The van der Waals surface area contributed by atoms with E-state index in [9.17, 15) is 0 Å². The molecule has 0 aliphatic carbocycles. The van der Waals surface area contributed by atoms with Crippen LogP contribution < -0.4 is 9.47 Å². The van der Waals surface area contributed by atoms with E-state index >= 15 is 0 Å². The van der Waals surface area contributed by atoms with Gasteiger partial charge in [0.25, 0.3) is 0 Å². The Balaban J connectivity index is 0.723. The number of hydrogen-bond donors (Lipinski definition) is 0. The van der Waals surface area contributed by atoms with E-state index in [1.807, 2.05) is 0 Å². The largest absolute Gasteiger partial charge is 0.494 e. The Morgan fingerprint density at radius 1 is 0.287 bits per heavy atom. The van der Waals surface area contributed by atoms with Gasteiger partial charge in [-0.1, -0.05) is 38.1 Å². The Kier molecular flexibility index (Phi) is 28.0. The molecule has 10 rings (SSSR count). The zero-order valence-corrected chi connectivity index (χ0v) is 66.3. The van der Waals surface area contributed by atoms with Crippen LogP contribution in [0.1, 0.15) is 69.9 Å². The summed E-state index contributed by atoms with van der Waals surface area (Å²) in [6.45, 7) is 35.2. The van der Waals surface area contributed by atoms with Crippen LogP contribution in [-0.4, -0.2) is 237 Å². The van der Waals surface area contributed by atoms with Gasteiger partial charge in [-0.25, -0.2) is 0 Å². The number of rotatable bonds is 47. The minimum Gasteiger partial charge on any atom is -0.494 e. The molecule has 10 atom stereocenters. The van der Waals surface area contributed by atoms with Crippen molar-refractivity contribution in [3.8, 4) is 11.5 Å². The topological polar surface area (TPSA) is 223 Å². The fourth-order valence-electron chi connectivity index (χ4n) is 12.9. The number of epoxide rings is 6. The van der Waals surface area contributed by atoms with Crippen molar-refractivity contribution in [2.75, 3.05) is 132 Å². The van der Waals surface area contributed by atoms with E-state index in [1.54, 1.807) is 0 Å². The lowest BCUT2D eigenvalue weighted by atomic mass is 9.78. The smallest absolute Gasteiger partial charge is 0.319 e. The molecule has 0 aromatic heterocycles. The van der Waals surface area contributed by atoms with Crippen molar-refractivity contribution in [2.24, 2.45) is 0 Å². The lowest BCUT2D eigenvalue weighted by Crippen LogP contribution is -2.67. The second kappa shape index (κ2) is 34.8. The molecule has 0 N–H and O–H groups in total. The van der Waals surface area contributed by atoms with Crippen LogP contribution in [0.2, 0.25) is 101 Å². The molecular formula is C64H114O22Si8. The van der Waals surface area contributed by atoms with Gasteiger partial charge in [0.15, 0.2) is 0 Å². The van der Waals surface area contributed by atoms with Gasteiger partial charge in [0.05, 0.1) is 92.5 Å². The molecule has 8 heterocycles. The van der Waals surface area contributed by atoms with Crippen LogP contribution in [0.25, 0.3) is 0 Å². The molecule has 8 fully saturated rings. The highest BCUT2D eigenvalue weighted by molar-refractivity contribution is 6.95. The van der Waals surface area contributed by atoms with Gasteiger partial charge < -0.3 is 99.2 Å². The van der Waals surface area contributed by atoms with E-state index in [4.69, 9.17) is 99.2 Å². The van der Waals surface area contributed by atoms with Crippen LogP contribution in [0.5, 0.6) is 11.5 Å². The summed E-state index contributed by atoms with van der Waals surface area (Å²) in [6, 6.07) is 23.1. The first-order valence-electron chi connectivity index (χ1n) is 35.2. The van der Waals surface area contributed by atoms with Crippen molar-refractivity contribution in [3.05, 3.63) is 59.7 Å². The molecule has 0 bridgehead atoms. The van der Waals surface area contributed by atoms with Crippen LogP contribution in [0.3, 0.4) is 0 Å². The summed E-state index contributed by atoms with van der Waals surface area (Å²) < 4.78 is 141. The minimum atomic E-state index is -2.91. The summed E-state index contributed by atoms with van der Waals surface area (Å²) in [6.07, 6.45) is 6.94. The van der Waals surface area contributed by atoms with Crippen LogP contribution in [0.15, 0.2) is 48.5 Å². The van der Waals surface area contributed by atoms with E-state index in [0.29, 0.717) is 98.5 Å². The molecule has 8 saturated heterocycles. The molecule has 0 spiro atoms. The van der Waals surface area contributed by atoms with Gasteiger partial charge in [0.1, 0.15) is 48.1 Å². The van der Waals surface area contributed by atoms with E-state index in [2.05, 4.69) is 115 Å². The Bertz CT molecular complexity index is 2490. The van der Waals surface area contributed by atoms with Crippen molar-refractivity contribution in [2.45, 2.75) is 202 Å². The average Bonchev–Trinajstić information content (AvgIpc) is 1.73. The molecule has 0 amide bonds. The first-order chi connectivity index (χ1) is 45.0. The molecule has 0 saturated carbocycles. The van der Waals surface area contributed by atoms with Crippen LogP contribution >= 0.6 is 0 Å². The van der Waals surface area contributed by atoms with Crippen LogP contribution in [0.4, 0.5) is 0 Å². The average molecular weight is 1460 g/mol. The zero-order valence-electron chi connectivity index (χ0n) is 58.3. The first-order valence-corrected chi connectivity index (χ1v) is 55.4. The summed E-state index contributed by atoms with van der Waals surface area (Å²) in [7, 11) is -23.0. The Morgan fingerprint density at radius 3 is 0.691 bits per heavy atom. The van der Waals surface area contributed by atoms with Gasteiger partial charge in [-0.15, -0.1) is 0 Å². The number of ether oxygens (including phenoxy) is 14. The standard InChI is InChI=1S/C64H114O22Si8/c1-64(2,55-20-24-57(25-21-55)72-32-17-40-93(9)83-90(6,37-14-29-68-45-61-51-76-61)85-94(10,41-33-70-47-63-53-78-63)86-91(7,84-93)38-15-30-69-46-62-52-77-62)54-18-22-56(23-19-54)71-31-16-39-92(8)81-88(4,35-12-27-66-43-59-49-74-59)79-87(3,34-11-26-65-42-58-48-73-58)80-89(5,82-92)36-13-28-67-44-60-50-75-60/h18-25,58-63H,11-17,26-53H2,1-10H3. The molecule has 22 nitrogen and oxygen atoms in total. The van der Waals surface area contributed by atoms with Crippen molar-refractivity contribution in [3.63, 3.8) is 0 Å². The van der Waals surface area contributed by atoms with Crippen LogP contribution in [-0.2, 0) is 95.2 Å². The number of benzene rings is 2. The lowest BCUT2D eigenvalue weighted by molar-refractivity contribution is 0.112. The second-order valence-corrected chi connectivity index (χ2v) is 57.6. The van der Waals surface area contributed by atoms with Gasteiger partial charge in [-0.3, -0.25) is 0 Å². The molecule has 2 aromatic rings. The van der Waals surface area contributed by atoms with E-state index in [-0.39, 0.29) is 42.0 Å². The number of hydrogen-bond acceptors (Lipinski definition) is 22. The van der Waals surface area contributed by atoms with Gasteiger partial charge in [0.2, 0.25) is 0 Å². The van der Waals surface area contributed by atoms with Gasteiger partial charge in [0, 0.05) is 51.1 Å². The maximum absolute atomic E-state index is 7.48. The van der Waals surface area contributed by atoms with Crippen molar-refractivity contribution in [1.29, 1.82) is 0 Å². The molecule has 8 aliphatic rings. The summed E-state index contributed by atoms with van der Waals surface area (Å²) in [5.41, 5.74) is 2.08. The monoisotopic (exact) mass is 1460 g/mol. The van der Waals surface area contributed by atoms with E-state index in [0.717, 1.165) is 138 Å². The normalized spacial score (nSPS) is 35.3.